The minimum Gasteiger partial charge on any atom is -0.466 e. The molecule has 0 aliphatic carbocycles. The van der Waals surface area contributed by atoms with Crippen LogP contribution < -0.4 is 21.5 Å². The number of hydrogen-bond acceptors (Lipinski definition) is 8. The van der Waals surface area contributed by atoms with Crippen molar-refractivity contribution in [1.29, 1.82) is 0 Å². The Morgan fingerprint density at radius 2 is 2.17 bits per heavy atom. The third-order valence-electron chi connectivity index (χ3n) is 4.62. The van der Waals surface area contributed by atoms with Gasteiger partial charge in [-0.25, -0.2) is 0 Å². The van der Waals surface area contributed by atoms with Crippen molar-refractivity contribution >= 4 is 17.7 Å². The molecule has 0 unspecified atom stereocenters. The van der Waals surface area contributed by atoms with Gasteiger partial charge in [0, 0.05) is 26.1 Å². The Morgan fingerprint density at radius 3 is 2.91 bits per heavy atom. The molecular weight excluding hydrogens is 300 g/mol. The van der Waals surface area contributed by atoms with E-state index in [1.807, 2.05) is 4.90 Å². The van der Waals surface area contributed by atoms with E-state index in [0.29, 0.717) is 44.4 Å². The maximum Gasteiger partial charge on any atom is 0.228 e. The lowest BCUT2D eigenvalue weighted by atomic mass is 9.96. The monoisotopic (exact) mass is 320 g/mol. The van der Waals surface area contributed by atoms with Crippen LogP contribution in [0.3, 0.4) is 0 Å². The zero-order chi connectivity index (χ0) is 16.0. The Bertz CT molecular complexity index is 650. The van der Waals surface area contributed by atoms with E-state index in [-0.39, 0.29) is 17.8 Å². The van der Waals surface area contributed by atoms with E-state index in [1.165, 1.54) is 0 Å². The van der Waals surface area contributed by atoms with Gasteiger partial charge in [-0.3, -0.25) is 4.79 Å². The lowest BCUT2D eigenvalue weighted by Crippen LogP contribution is -2.56. The fraction of sp³-hybridized carbons (Fsp3) is 0.643. The SMILES string of the molecule is Nc1nc(N)c2c(n1)O[C@]1(COCCN(C(=O)C3CNC3)C1)C2. The molecule has 9 nitrogen and oxygen atoms in total. The smallest absolute Gasteiger partial charge is 0.228 e. The number of fused-ring (bicyclic) bond motifs is 1. The molecule has 0 aromatic carbocycles. The van der Waals surface area contributed by atoms with Gasteiger partial charge in [0.15, 0.2) is 5.60 Å². The Hall–Kier alpha value is -2.13. The molecule has 4 heterocycles. The highest BCUT2D eigenvalue weighted by Gasteiger charge is 2.46. The number of anilines is 2. The van der Waals surface area contributed by atoms with Crippen molar-refractivity contribution in [2.75, 3.05) is 50.9 Å². The summed E-state index contributed by atoms with van der Waals surface area (Å²) in [5.74, 6) is 1.01. The quantitative estimate of drug-likeness (QED) is 0.564. The third-order valence-corrected chi connectivity index (χ3v) is 4.62. The van der Waals surface area contributed by atoms with Gasteiger partial charge >= 0.3 is 0 Å². The van der Waals surface area contributed by atoms with Crippen molar-refractivity contribution < 1.29 is 14.3 Å². The molecule has 4 rings (SSSR count). The van der Waals surface area contributed by atoms with Crippen LogP contribution in [0.1, 0.15) is 5.56 Å². The molecule has 0 saturated carbocycles. The van der Waals surface area contributed by atoms with Crippen molar-refractivity contribution in [3.63, 3.8) is 0 Å². The van der Waals surface area contributed by atoms with E-state index >= 15 is 0 Å². The lowest BCUT2D eigenvalue weighted by Gasteiger charge is -2.35. The highest BCUT2D eigenvalue weighted by Crippen LogP contribution is 2.38. The van der Waals surface area contributed by atoms with E-state index in [4.69, 9.17) is 20.9 Å². The fourth-order valence-electron chi connectivity index (χ4n) is 3.29. The summed E-state index contributed by atoms with van der Waals surface area (Å²) < 4.78 is 11.7. The Kier molecular flexibility index (Phi) is 3.27. The number of ether oxygens (including phenoxy) is 2. The van der Waals surface area contributed by atoms with Gasteiger partial charge in [0.25, 0.3) is 0 Å². The van der Waals surface area contributed by atoms with E-state index < -0.39 is 5.60 Å². The topological polar surface area (TPSA) is 129 Å². The molecule has 2 saturated heterocycles. The van der Waals surface area contributed by atoms with Gasteiger partial charge in [0.05, 0.1) is 31.2 Å². The Balaban J connectivity index is 1.58. The normalized spacial score (nSPS) is 27.2. The zero-order valence-electron chi connectivity index (χ0n) is 12.7. The number of nitrogens with two attached hydrogens (primary N) is 2. The minimum absolute atomic E-state index is 0.0504. The molecule has 3 aliphatic heterocycles. The van der Waals surface area contributed by atoms with Crippen molar-refractivity contribution in [3.05, 3.63) is 5.56 Å². The molecule has 0 bridgehead atoms. The molecular formula is C14H20N6O3. The predicted octanol–water partition coefficient (Wildman–Crippen LogP) is -1.61. The van der Waals surface area contributed by atoms with Crippen LogP contribution in [0.5, 0.6) is 5.88 Å². The second kappa shape index (κ2) is 5.20. The first kappa shape index (κ1) is 14.5. The minimum atomic E-state index is -0.664. The number of rotatable bonds is 1. The second-order valence-electron chi connectivity index (χ2n) is 6.38. The maximum atomic E-state index is 12.6. The summed E-state index contributed by atoms with van der Waals surface area (Å²) in [7, 11) is 0. The summed E-state index contributed by atoms with van der Waals surface area (Å²) in [6, 6.07) is 0. The standard InChI is InChI=1S/C14H20N6O3/c15-10-9-3-14(23-11(9)19-13(16)18-10)6-20(1-2-22-7-14)12(21)8-4-17-5-8/h8,17H,1-7H2,(H4,15,16,18,19)/t14-/m1/s1. The van der Waals surface area contributed by atoms with Gasteiger partial charge in [-0.2, -0.15) is 9.97 Å². The summed E-state index contributed by atoms with van der Waals surface area (Å²) in [6.45, 7) is 3.38. The molecule has 124 valence electrons. The second-order valence-corrected chi connectivity index (χ2v) is 6.38. The van der Waals surface area contributed by atoms with Gasteiger partial charge in [-0.15, -0.1) is 0 Å². The van der Waals surface area contributed by atoms with Gasteiger partial charge < -0.3 is 31.2 Å². The molecule has 2 fully saturated rings. The summed E-state index contributed by atoms with van der Waals surface area (Å²) in [4.78, 5) is 22.5. The van der Waals surface area contributed by atoms with Crippen LogP contribution in [0, 0.1) is 5.92 Å². The number of nitrogens with one attached hydrogen (secondary N) is 1. The highest BCUT2D eigenvalue weighted by atomic mass is 16.6. The molecule has 3 aliphatic rings. The van der Waals surface area contributed by atoms with Crippen LogP contribution in [0.25, 0.3) is 0 Å². The summed E-state index contributed by atoms with van der Waals surface area (Å²) >= 11 is 0. The van der Waals surface area contributed by atoms with E-state index in [1.54, 1.807) is 0 Å². The average Bonchev–Trinajstić information content (AvgIpc) is 2.65. The molecule has 23 heavy (non-hydrogen) atoms. The third kappa shape index (κ3) is 2.45. The molecule has 5 N–H and O–H groups in total. The molecule has 1 aromatic rings. The van der Waals surface area contributed by atoms with Crippen molar-refractivity contribution in [1.82, 2.24) is 20.2 Å². The van der Waals surface area contributed by atoms with Crippen LogP contribution in [0.15, 0.2) is 0 Å². The molecule has 0 radical (unpaired) electrons. The van der Waals surface area contributed by atoms with Crippen LogP contribution in [0.2, 0.25) is 0 Å². The maximum absolute atomic E-state index is 12.6. The molecule has 9 heteroatoms. The zero-order valence-corrected chi connectivity index (χ0v) is 12.7. The average molecular weight is 320 g/mol. The predicted molar refractivity (Wildman–Crippen MR) is 81.7 cm³/mol. The van der Waals surface area contributed by atoms with Gasteiger partial charge in [-0.05, 0) is 0 Å². The number of hydrogen-bond donors (Lipinski definition) is 3. The first-order valence-electron chi connectivity index (χ1n) is 7.74. The first-order valence-corrected chi connectivity index (χ1v) is 7.74. The van der Waals surface area contributed by atoms with Crippen LogP contribution in [-0.2, 0) is 16.0 Å². The molecule has 1 atom stereocenters. The molecule has 1 aromatic heterocycles. The Morgan fingerprint density at radius 1 is 1.35 bits per heavy atom. The fourth-order valence-corrected chi connectivity index (χ4v) is 3.29. The number of carbonyl (C=O) groups excluding carboxylic acids is 1. The van der Waals surface area contributed by atoms with Gasteiger partial charge in [0.1, 0.15) is 5.82 Å². The Labute approximate surface area is 133 Å². The lowest BCUT2D eigenvalue weighted by molar-refractivity contribution is -0.139. The largest absolute Gasteiger partial charge is 0.466 e. The number of nitrogen functional groups attached to an aromatic ring is 2. The van der Waals surface area contributed by atoms with Gasteiger partial charge in [-0.1, -0.05) is 0 Å². The van der Waals surface area contributed by atoms with Crippen molar-refractivity contribution in [2.45, 2.75) is 12.0 Å². The van der Waals surface area contributed by atoms with Crippen LogP contribution in [-0.4, -0.2) is 65.8 Å². The number of carbonyl (C=O) groups is 1. The summed E-state index contributed by atoms with van der Waals surface area (Å²) in [5.41, 5.74) is 11.6. The van der Waals surface area contributed by atoms with Gasteiger partial charge in [0.2, 0.25) is 17.7 Å². The van der Waals surface area contributed by atoms with E-state index in [0.717, 1.165) is 18.7 Å². The van der Waals surface area contributed by atoms with Crippen LogP contribution >= 0.6 is 0 Å². The highest BCUT2D eigenvalue weighted by molar-refractivity contribution is 5.80. The van der Waals surface area contributed by atoms with Crippen molar-refractivity contribution in [2.24, 2.45) is 5.92 Å². The number of nitrogens with zero attached hydrogens (tertiary/aromatic N) is 3. The number of amides is 1. The first-order chi connectivity index (χ1) is 11.1. The van der Waals surface area contributed by atoms with Crippen molar-refractivity contribution in [3.8, 4) is 5.88 Å². The number of aromatic nitrogens is 2. The van der Waals surface area contributed by atoms with E-state index in [2.05, 4.69) is 15.3 Å². The van der Waals surface area contributed by atoms with E-state index in [9.17, 15) is 4.79 Å². The van der Waals surface area contributed by atoms with Crippen LogP contribution in [0.4, 0.5) is 11.8 Å². The summed E-state index contributed by atoms with van der Waals surface area (Å²) in [5, 5.41) is 3.13. The molecule has 1 spiro atoms. The molecule has 1 amide bonds. The summed E-state index contributed by atoms with van der Waals surface area (Å²) in [6.07, 6.45) is 0.515.